The molecular formula is C9H13IN2. The predicted molar refractivity (Wildman–Crippen MR) is 60.7 cm³/mol. The van der Waals surface area contributed by atoms with Crippen molar-refractivity contribution in [2.24, 2.45) is 0 Å². The second kappa shape index (κ2) is 4.54. The molecule has 66 valence electrons. The van der Waals surface area contributed by atoms with Gasteiger partial charge in [0.15, 0.2) is 0 Å². The molecule has 1 rings (SSSR count). The highest BCUT2D eigenvalue weighted by atomic mass is 127. The van der Waals surface area contributed by atoms with E-state index >= 15 is 0 Å². The summed E-state index contributed by atoms with van der Waals surface area (Å²) in [5.41, 5.74) is 2.41. The van der Waals surface area contributed by atoms with Crippen LogP contribution in [0.3, 0.4) is 0 Å². The first kappa shape index (κ1) is 9.64. The lowest BCUT2D eigenvalue weighted by Crippen LogP contribution is -2.24. The zero-order valence-corrected chi connectivity index (χ0v) is 9.42. The topological polar surface area (TPSA) is 24.1 Å². The fourth-order valence-electron chi connectivity index (χ4n) is 0.806. The molecule has 0 radical (unpaired) electrons. The summed E-state index contributed by atoms with van der Waals surface area (Å²) in [5.74, 6) is 0. The molecule has 0 aromatic rings. The van der Waals surface area contributed by atoms with Gasteiger partial charge in [0.05, 0.1) is 5.70 Å². The summed E-state index contributed by atoms with van der Waals surface area (Å²) in [5, 5.41) is 6.41. The van der Waals surface area contributed by atoms with Crippen LogP contribution in [0, 0.1) is 0 Å². The average molecular weight is 276 g/mol. The molecule has 0 bridgehead atoms. The van der Waals surface area contributed by atoms with Crippen LogP contribution in [-0.4, -0.2) is 4.17 Å². The molecule has 1 aliphatic heterocycles. The summed E-state index contributed by atoms with van der Waals surface area (Å²) < 4.78 is 0.327. The minimum atomic E-state index is 0.327. The molecule has 12 heavy (non-hydrogen) atoms. The SMILES string of the molecule is C/C=C(C)/C=C\C1=CNC(I)N1. The predicted octanol–water partition coefficient (Wildman–Crippen LogP) is 2.26. The Morgan fingerprint density at radius 3 is 2.92 bits per heavy atom. The van der Waals surface area contributed by atoms with Crippen molar-refractivity contribution < 1.29 is 0 Å². The highest BCUT2D eigenvalue weighted by Gasteiger charge is 2.06. The molecule has 0 saturated carbocycles. The maximum absolute atomic E-state index is 3.26. The molecule has 1 aliphatic rings. The Morgan fingerprint density at radius 1 is 1.67 bits per heavy atom. The maximum atomic E-state index is 3.26. The van der Waals surface area contributed by atoms with Gasteiger partial charge in [-0.25, -0.2) is 0 Å². The van der Waals surface area contributed by atoms with Crippen molar-refractivity contribution in [3.8, 4) is 0 Å². The molecule has 0 amide bonds. The molecule has 0 spiro atoms. The van der Waals surface area contributed by atoms with Gasteiger partial charge in [0, 0.05) is 6.20 Å². The molecule has 3 heteroatoms. The Morgan fingerprint density at radius 2 is 2.42 bits per heavy atom. The second-order valence-corrected chi connectivity index (χ2v) is 3.88. The van der Waals surface area contributed by atoms with E-state index in [1.807, 2.05) is 13.1 Å². The summed E-state index contributed by atoms with van der Waals surface area (Å²) in [7, 11) is 0. The van der Waals surface area contributed by atoms with Gasteiger partial charge in [-0.1, -0.05) is 17.7 Å². The van der Waals surface area contributed by atoms with Crippen molar-refractivity contribution >= 4 is 22.6 Å². The van der Waals surface area contributed by atoms with E-state index in [2.05, 4.69) is 58.4 Å². The first-order valence-electron chi connectivity index (χ1n) is 3.90. The largest absolute Gasteiger partial charge is 0.361 e. The molecule has 2 nitrogen and oxygen atoms in total. The quantitative estimate of drug-likeness (QED) is 0.350. The lowest BCUT2D eigenvalue weighted by Gasteiger charge is -2.02. The Labute approximate surface area is 86.9 Å². The summed E-state index contributed by atoms with van der Waals surface area (Å²) in [6, 6.07) is 0. The molecule has 0 aromatic heterocycles. The zero-order chi connectivity index (χ0) is 8.97. The van der Waals surface area contributed by atoms with E-state index in [4.69, 9.17) is 0 Å². The van der Waals surface area contributed by atoms with Crippen LogP contribution in [0.2, 0.25) is 0 Å². The number of hydrogen-bond donors (Lipinski definition) is 2. The number of halogens is 1. The van der Waals surface area contributed by atoms with Gasteiger partial charge in [0.2, 0.25) is 0 Å². The van der Waals surface area contributed by atoms with Gasteiger partial charge in [0.25, 0.3) is 0 Å². The van der Waals surface area contributed by atoms with E-state index < -0.39 is 0 Å². The molecular weight excluding hydrogens is 263 g/mol. The van der Waals surface area contributed by atoms with Crippen LogP contribution in [-0.2, 0) is 0 Å². The lowest BCUT2D eigenvalue weighted by atomic mass is 10.2. The van der Waals surface area contributed by atoms with Crippen molar-refractivity contribution in [1.82, 2.24) is 10.6 Å². The van der Waals surface area contributed by atoms with Crippen molar-refractivity contribution in [3.63, 3.8) is 0 Å². The number of rotatable bonds is 2. The molecule has 0 aromatic carbocycles. The van der Waals surface area contributed by atoms with Crippen LogP contribution in [0.25, 0.3) is 0 Å². The summed E-state index contributed by atoms with van der Waals surface area (Å²) in [6.45, 7) is 4.12. The molecule has 1 heterocycles. The van der Waals surface area contributed by atoms with E-state index in [9.17, 15) is 0 Å². The zero-order valence-electron chi connectivity index (χ0n) is 7.26. The Kier molecular flexibility index (Phi) is 3.65. The Bertz CT molecular complexity index is 241. The molecule has 2 N–H and O–H groups in total. The Hall–Kier alpha value is -0.450. The van der Waals surface area contributed by atoms with E-state index in [1.54, 1.807) is 0 Å². The van der Waals surface area contributed by atoms with Gasteiger partial charge >= 0.3 is 0 Å². The lowest BCUT2D eigenvalue weighted by molar-refractivity contribution is 0.789. The van der Waals surface area contributed by atoms with E-state index in [0.29, 0.717) is 4.17 Å². The third-order valence-corrected chi connectivity index (χ3v) is 2.33. The van der Waals surface area contributed by atoms with Gasteiger partial charge in [-0.05, 0) is 42.5 Å². The van der Waals surface area contributed by atoms with Crippen molar-refractivity contribution in [2.45, 2.75) is 18.0 Å². The summed E-state index contributed by atoms with van der Waals surface area (Å²) in [6.07, 6.45) is 8.23. The van der Waals surface area contributed by atoms with Crippen molar-refractivity contribution in [1.29, 1.82) is 0 Å². The standard InChI is InChI=1S/C9H13IN2/c1-3-7(2)4-5-8-6-11-9(10)12-8/h3-6,9,11-12H,1-2H3/b5-4-,7-3+. The smallest absolute Gasteiger partial charge is 0.150 e. The van der Waals surface area contributed by atoms with Crippen LogP contribution in [0.5, 0.6) is 0 Å². The fourth-order valence-corrected chi connectivity index (χ4v) is 1.35. The Balaban J connectivity index is 2.47. The average Bonchev–Trinajstić information content (AvgIpc) is 2.47. The van der Waals surface area contributed by atoms with Crippen LogP contribution in [0.15, 0.2) is 35.7 Å². The monoisotopic (exact) mass is 276 g/mol. The van der Waals surface area contributed by atoms with Gasteiger partial charge in [-0.3, -0.25) is 0 Å². The first-order valence-corrected chi connectivity index (χ1v) is 5.15. The fraction of sp³-hybridized carbons (Fsp3) is 0.333. The van der Waals surface area contributed by atoms with Gasteiger partial charge in [-0.2, -0.15) is 0 Å². The van der Waals surface area contributed by atoms with Crippen LogP contribution in [0.1, 0.15) is 13.8 Å². The number of hydrogen-bond acceptors (Lipinski definition) is 2. The van der Waals surface area contributed by atoms with E-state index in [1.165, 1.54) is 5.57 Å². The number of allylic oxidation sites excluding steroid dienone is 4. The van der Waals surface area contributed by atoms with Crippen LogP contribution in [0.4, 0.5) is 0 Å². The van der Waals surface area contributed by atoms with Crippen LogP contribution < -0.4 is 10.6 Å². The van der Waals surface area contributed by atoms with E-state index in [0.717, 1.165) is 5.70 Å². The van der Waals surface area contributed by atoms with Gasteiger partial charge in [-0.15, -0.1) is 0 Å². The van der Waals surface area contributed by atoms with Gasteiger partial charge in [0.1, 0.15) is 4.17 Å². The first-order chi connectivity index (χ1) is 5.72. The normalized spacial score (nSPS) is 23.8. The summed E-state index contributed by atoms with van der Waals surface area (Å²) in [4.78, 5) is 0. The van der Waals surface area contributed by atoms with Crippen molar-refractivity contribution in [3.05, 3.63) is 35.7 Å². The summed E-state index contributed by atoms with van der Waals surface area (Å²) >= 11 is 2.29. The number of nitrogens with one attached hydrogen (secondary N) is 2. The minimum Gasteiger partial charge on any atom is -0.361 e. The third-order valence-electron chi connectivity index (χ3n) is 1.66. The minimum absolute atomic E-state index is 0.327. The molecule has 0 saturated heterocycles. The highest BCUT2D eigenvalue weighted by Crippen LogP contribution is 2.06. The van der Waals surface area contributed by atoms with Crippen LogP contribution >= 0.6 is 22.6 Å². The highest BCUT2D eigenvalue weighted by molar-refractivity contribution is 14.1. The second-order valence-electron chi connectivity index (χ2n) is 2.64. The molecule has 1 unspecified atom stereocenters. The molecule has 0 fully saturated rings. The third kappa shape index (κ3) is 2.89. The van der Waals surface area contributed by atoms with E-state index in [-0.39, 0.29) is 0 Å². The van der Waals surface area contributed by atoms with Crippen molar-refractivity contribution in [2.75, 3.05) is 0 Å². The maximum Gasteiger partial charge on any atom is 0.150 e. The number of alkyl halides is 1. The molecule has 1 atom stereocenters. The molecule has 0 aliphatic carbocycles. The van der Waals surface area contributed by atoms with Gasteiger partial charge < -0.3 is 10.6 Å².